The normalized spacial score (nSPS) is 20.1. The predicted octanol–water partition coefficient (Wildman–Crippen LogP) is 2.14. The molecule has 1 aliphatic heterocycles. The van der Waals surface area contributed by atoms with Crippen LogP contribution in [0.5, 0.6) is 5.75 Å². The number of carbonyl (C=O) groups excluding carboxylic acids is 1. The fourth-order valence-electron chi connectivity index (χ4n) is 2.16. The van der Waals surface area contributed by atoms with Gasteiger partial charge >= 0.3 is 0 Å². The molecule has 2 atom stereocenters. The summed E-state index contributed by atoms with van der Waals surface area (Å²) in [6, 6.07) is 5.69. The molecule has 0 spiro atoms. The zero-order valence-corrected chi connectivity index (χ0v) is 10.9. The summed E-state index contributed by atoms with van der Waals surface area (Å²) in [5, 5.41) is 12.3. The van der Waals surface area contributed by atoms with Crippen LogP contribution in [-0.2, 0) is 4.79 Å². The minimum Gasteiger partial charge on any atom is -0.479 e. The second kappa shape index (κ2) is 4.98. The molecule has 1 aromatic carbocycles. The summed E-state index contributed by atoms with van der Waals surface area (Å²) >= 11 is 0. The van der Waals surface area contributed by atoms with E-state index in [2.05, 4.69) is 19.2 Å². The lowest BCUT2D eigenvalue weighted by atomic mass is 9.89. The first-order valence-corrected chi connectivity index (χ1v) is 6.25. The van der Waals surface area contributed by atoms with Gasteiger partial charge in [-0.2, -0.15) is 0 Å². The summed E-state index contributed by atoms with van der Waals surface area (Å²) in [7, 11) is 0. The van der Waals surface area contributed by atoms with Gasteiger partial charge in [0.2, 0.25) is 0 Å². The number of hydrogen-bond acceptors (Lipinski definition) is 3. The van der Waals surface area contributed by atoms with E-state index in [1.807, 2.05) is 18.2 Å². The van der Waals surface area contributed by atoms with Crippen molar-refractivity contribution in [3.8, 4) is 5.75 Å². The number of nitrogens with one attached hydrogen (secondary N) is 1. The van der Waals surface area contributed by atoms with Gasteiger partial charge in [-0.1, -0.05) is 19.9 Å². The van der Waals surface area contributed by atoms with E-state index < -0.39 is 6.10 Å². The molecule has 0 aromatic heterocycles. The van der Waals surface area contributed by atoms with E-state index in [1.165, 1.54) is 0 Å². The number of hydrogen-bond donors (Lipinski definition) is 2. The molecule has 0 saturated heterocycles. The quantitative estimate of drug-likeness (QED) is 0.862. The highest BCUT2D eigenvalue weighted by atomic mass is 16.5. The molecule has 1 heterocycles. The Balaban J connectivity index is 2.32. The van der Waals surface area contributed by atoms with E-state index in [-0.39, 0.29) is 18.4 Å². The monoisotopic (exact) mass is 249 g/mol. The van der Waals surface area contributed by atoms with Crippen molar-refractivity contribution in [3.63, 3.8) is 0 Å². The maximum Gasteiger partial charge on any atom is 0.265 e. The number of ether oxygens (including phenoxy) is 1. The van der Waals surface area contributed by atoms with Crippen molar-refractivity contribution in [3.05, 3.63) is 23.8 Å². The summed E-state index contributed by atoms with van der Waals surface area (Å²) < 4.78 is 5.50. The molecule has 1 aliphatic rings. The number of carbonyl (C=O) groups is 1. The van der Waals surface area contributed by atoms with Crippen molar-refractivity contribution in [1.82, 2.24) is 0 Å². The van der Waals surface area contributed by atoms with Crippen LogP contribution in [0.4, 0.5) is 5.69 Å². The van der Waals surface area contributed by atoms with Gasteiger partial charge in [0.05, 0.1) is 12.3 Å². The van der Waals surface area contributed by atoms with Crippen LogP contribution in [0.2, 0.25) is 0 Å². The van der Waals surface area contributed by atoms with Gasteiger partial charge in [0.1, 0.15) is 5.75 Å². The Morgan fingerprint density at radius 2 is 2.17 bits per heavy atom. The summed E-state index contributed by atoms with van der Waals surface area (Å²) in [5.41, 5.74) is 1.71. The predicted molar refractivity (Wildman–Crippen MR) is 69.8 cm³/mol. The van der Waals surface area contributed by atoms with E-state index in [0.29, 0.717) is 17.4 Å². The highest BCUT2D eigenvalue weighted by molar-refractivity contribution is 5.97. The largest absolute Gasteiger partial charge is 0.479 e. The maximum atomic E-state index is 11.6. The van der Waals surface area contributed by atoms with Gasteiger partial charge in [-0.25, -0.2) is 0 Å². The minimum atomic E-state index is -0.456. The second-order valence-electron chi connectivity index (χ2n) is 5.04. The minimum absolute atomic E-state index is 0.0755. The molecule has 4 heteroatoms. The molecule has 0 aliphatic carbocycles. The van der Waals surface area contributed by atoms with Crippen LogP contribution in [0.25, 0.3) is 0 Å². The van der Waals surface area contributed by atoms with Crippen LogP contribution in [0.1, 0.15) is 32.3 Å². The number of rotatable bonds is 3. The van der Waals surface area contributed by atoms with Gasteiger partial charge in [0.15, 0.2) is 6.10 Å². The number of amides is 1. The average molecular weight is 249 g/mol. The highest BCUT2D eigenvalue weighted by Gasteiger charge is 2.25. The topological polar surface area (TPSA) is 58.6 Å². The fourth-order valence-corrected chi connectivity index (χ4v) is 2.16. The Bertz CT molecular complexity index is 456. The van der Waals surface area contributed by atoms with Crippen molar-refractivity contribution >= 4 is 11.6 Å². The van der Waals surface area contributed by atoms with Crippen LogP contribution >= 0.6 is 0 Å². The van der Waals surface area contributed by atoms with Crippen molar-refractivity contribution in [1.29, 1.82) is 0 Å². The molecule has 0 fully saturated rings. The molecule has 2 unspecified atom stereocenters. The Morgan fingerprint density at radius 3 is 2.78 bits per heavy atom. The SMILES string of the molecule is CC1Oc2ccc(C(CO)C(C)C)cc2NC1=O. The molecule has 4 nitrogen and oxygen atoms in total. The first-order chi connectivity index (χ1) is 8.52. The first-order valence-electron chi connectivity index (χ1n) is 6.25. The van der Waals surface area contributed by atoms with Crippen LogP contribution in [0, 0.1) is 5.92 Å². The van der Waals surface area contributed by atoms with Crippen LogP contribution in [-0.4, -0.2) is 23.7 Å². The number of aliphatic hydroxyl groups is 1. The standard InChI is InChI=1S/C14H19NO3/c1-8(2)11(7-16)10-4-5-13-12(6-10)15-14(17)9(3)18-13/h4-6,8-9,11,16H,7H2,1-3H3,(H,15,17). The molecule has 2 rings (SSSR count). The second-order valence-corrected chi connectivity index (χ2v) is 5.04. The maximum absolute atomic E-state index is 11.6. The zero-order valence-electron chi connectivity index (χ0n) is 10.9. The molecular formula is C14H19NO3. The first kappa shape index (κ1) is 12.9. The van der Waals surface area contributed by atoms with E-state index in [1.54, 1.807) is 6.92 Å². The smallest absolute Gasteiger partial charge is 0.265 e. The number of fused-ring (bicyclic) bond motifs is 1. The van der Waals surface area contributed by atoms with Gasteiger partial charge in [0, 0.05) is 5.92 Å². The average Bonchev–Trinajstić information content (AvgIpc) is 2.31. The van der Waals surface area contributed by atoms with Gasteiger partial charge in [-0.15, -0.1) is 0 Å². The molecule has 0 radical (unpaired) electrons. The van der Waals surface area contributed by atoms with Gasteiger partial charge in [0.25, 0.3) is 5.91 Å². The van der Waals surface area contributed by atoms with Gasteiger partial charge < -0.3 is 15.2 Å². The van der Waals surface area contributed by atoms with Gasteiger partial charge in [-0.3, -0.25) is 4.79 Å². The van der Waals surface area contributed by atoms with Crippen molar-refractivity contribution < 1.29 is 14.6 Å². The Labute approximate surface area is 107 Å². The molecule has 0 bridgehead atoms. The number of aliphatic hydroxyl groups excluding tert-OH is 1. The van der Waals surface area contributed by atoms with Crippen molar-refractivity contribution in [2.75, 3.05) is 11.9 Å². The lowest BCUT2D eigenvalue weighted by Gasteiger charge is -2.25. The Morgan fingerprint density at radius 1 is 1.44 bits per heavy atom. The van der Waals surface area contributed by atoms with Gasteiger partial charge in [-0.05, 0) is 30.5 Å². The molecule has 1 aromatic rings. The molecule has 2 N–H and O–H groups in total. The lowest BCUT2D eigenvalue weighted by Crippen LogP contribution is -2.34. The fraction of sp³-hybridized carbons (Fsp3) is 0.500. The molecule has 18 heavy (non-hydrogen) atoms. The number of benzene rings is 1. The summed E-state index contributed by atoms with van der Waals surface area (Å²) in [6.45, 7) is 5.95. The van der Waals surface area contributed by atoms with E-state index in [9.17, 15) is 9.90 Å². The van der Waals surface area contributed by atoms with E-state index in [4.69, 9.17) is 4.74 Å². The van der Waals surface area contributed by atoms with E-state index >= 15 is 0 Å². The molecule has 0 saturated carbocycles. The Kier molecular flexibility index (Phi) is 3.57. The number of anilines is 1. The third kappa shape index (κ3) is 2.34. The van der Waals surface area contributed by atoms with E-state index in [0.717, 1.165) is 5.56 Å². The summed E-state index contributed by atoms with van der Waals surface area (Å²) in [6.07, 6.45) is -0.456. The van der Waals surface area contributed by atoms with Crippen molar-refractivity contribution in [2.24, 2.45) is 5.92 Å². The third-order valence-corrected chi connectivity index (χ3v) is 3.36. The van der Waals surface area contributed by atoms with Crippen molar-refractivity contribution in [2.45, 2.75) is 32.8 Å². The molecular weight excluding hydrogens is 230 g/mol. The summed E-state index contributed by atoms with van der Waals surface area (Å²) in [4.78, 5) is 11.6. The Hall–Kier alpha value is -1.55. The summed E-state index contributed by atoms with van der Waals surface area (Å²) in [5.74, 6) is 0.967. The highest BCUT2D eigenvalue weighted by Crippen LogP contribution is 2.34. The zero-order chi connectivity index (χ0) is 13.3. The van der Waals surface area contributed by atoms with Crippen LogP contribution in [0.3, 0.4) is 0 Å². The van der Waals surface area contributed by atoms with Crippen LogP contribution < -0.4 is 10.1 Å². The third-order valence-electron chi connectivity index (χ3n) is 3.36. The molecule has 1 amide bonds. The van der Waals surface area contributed by atoms with Crippen LogP contribution in [0.15, 0.2) is 18.2 Å². The lowest BCUT2D eigenvalue weighted by molar-refractivity contribution is -0.122. The molecule has 98 valence electrons.